The average molecular weight is 499 g/mol. The molecule has 6 nitrogen and oxygen atoms in total. The summed E-state index contributed by atoms with van der Waals surface area (Å²) in [6.07, 6.45) is 0.552. The quantitative estimate of drug-likeness (QED) is 0.378. The van der Waals surface area contributed by atoms with E-state index in [4.69, 9.17) is 4.74 Å². The maximum absolute atomic E-state index is 13.1. The fraction of sp³-hybridized carbons (Fsp3) is 0.174. The number of hydrogen-bond acceptors (Lipinski definition) is 6. The number of ether oxygens (including phenoxy) is 1. The molecule has 4 aromatic rings. The fourth-order valence-corrected chi connectivity index (χ4v) is 4.37. The maximum atomic E-state index is 13.1. The number of rotatable bonds is 7. The Bertz CT molecular complexity index is 1280. The zero-order valence-electron chi connectivity index (χ0n) is 16.6. The van der Waals surface area contributed by atoms with Gasteiger partial charge in [0.05, 0.1) is 18.3 Å². The smallest absolute Gasteiger partial charge is 0.262 e. The molecule has 31 heavy (non-hydrogen) atoms. The van der Waals surface area contributed by atoms with Gasteiger partial charge in [-0.3, -0.25) is 14.2 Å². The molecule has 2 aromatic carbocycles. The number of thiophene rings is 1. The number of Topliss-reactive ketones (excluding diaryl/α,β-unsaturated/α-hetero) is 1. The second-order valence-electron chi connectivity index (χ2n) is 7.08. The van der Waals surface area contributed by atoms with Crippen molar-refractivity contribution in [3.05, 3.63) is 80.6 Å². The SMILES string of the molecule is CC(=O)c1ccc(OC[C@H](O)Cn2cnc3scc(-c4ccc(Br)cc4)c3c2=O)cc1. The molecule has 2 heterocycles. The Morgan fingerprint density at radius 1 is 1.19 bits per heavy atom. The fourth-order valence-electron chi connectivity index (χ4n) is 3.20. The third-order valence-electron chi connectivity index (χ3n) is 4.83. The topological polar surface area (TPSA) is 81.4 Å². The number of ketones is 1. The van der Waals surface area contributed by atoms with Gasteiger partial charge in [0.2, 0.25) is 0 Å². The van der Waals surface area contributed by atoms with Crippen LogP contribution >= 0.6 is 27.3 Å². The molecule has 2 aromatic heterocycles. The summed E-state index contributed by atoms with van der Waals surface area (Å²) in [5, 5.41) is 12.9. The van der Waals surface area contributed by atoms with Gasteiger partial charge in [-0.25, -0.2) is 4.98 Å². The summed E-state index contributed by atoms with van der Waals surface area (Å²) >= 11 is 4.84. The average Bonchev–Trinajstić information content (AvgIpc) is 3.20. The summed E-state index contributed by atoms with van der Waals surface area (Å²) in [5.74, 6) is 0.519. The van der Waals surface area contributed by atoms with Gasteiger partial charge in [-0.1, -0.05) is 28.1 Å². The van der Waals surface area contributed by atoms with Crippen LogP contribution in [0, 0.1) is 0 Å². The summed E-state index contributed by atoms with van der Waals surface area (Å²) in [6.45, 7) is 1.56. The van der Waals surface area contributed by atoms with Crippen LogP contribution in [0.5, 0.6) is 5.75 Å². The van der Waals surface area contributed by atoms with Crippen molar-refractivity contribution >= 4 is 43.3 Å². The predicted molar refractivity (Wildman–Crippen MR) is 125 cm³/mol. The summed E-state index contributed by atoms with van der Waals surface area (Å²) in [4.78, 5) is 29.5. The standard InChI is InChI=1S/C23H19BrN2O4S/c1-14(27)15-4-8-19(9-5-15)30-11-18(28)10-26-13-25-22-21(23(26)29)20(12-31-22)16-2-6-17(24)7-3-16/h2-9,12-13,18,28H,10-11H2,1H3/t18-/m1/s1. The van der Waals surface area contributed by atoms with Crippen LogP contribution in [0.3, 0.4) is 0 Å². The lowest BCUT2D eigenvalue weighted by molar-refractivity contribution is 0.0914. The van der Waals surface area contributed by atoms with Crippen LogP contribution < -0.4 is 10.3 Å². The van der Waals surface area contributed by atoms with Crippen molar-refractivity contribution in [1.82, 2.24) is 9.55 Å². The molecule has 0 saturated heterocycles. The first kappa shape index (κ1) is 21.4. The molecule has 8 heteroatoms. The van der Waals surface area contributed by atoms with Gasteiger partial charge < -0.3 is 9.84 Å². The highest BCUT2D eigenvalue weighted by Crippen LogP contribution is 2.31. The second kappa shape index (κ2) is 9.13. The summed E-state index contributed by atoms with van der Waals surface area (Å²) < 4.78 is 7.96. The summed E-state index contributed by atoms with van der Waals surface area (Å²) in [7, 11) is 0. The molecule has 0 aliphatic carbocycles. The first-order valence-electron chi connectivity index (χ1n) is 9.57. The lowest BCUT2D eigenvalue weighted by atomic mass is 10.1. The van der Waals surface area contributed by atoms with E-state index in [9.17, 15) is 14.7 Å². The third-order valence-corrected chi connectivity index (χ3v) is 6.24. The van der Waals surface area contributed by atoms with E-state index in [1.165, 1.54) is 29.2 Å². The number of benzene rings is 2. The molecule has 1 N–H and O–H groups in total. The van der Waals surface area contributed by atoms with E-state index in [2.05, 4.69) is 20.9 Å². The van der Waals surface area contributed by atoms with Gasteiger partial charge in [-0.05, 0) is 48.9 Å². The predicted octanol–water partition coefficient (Wildman–Crippen LogP) is 4.53. The van der Waals surface area contributed by atoms with Crippen LogP contribution in [0.1, 0.15) is 17.3 Å². The van der Waals surface area contributed by atoms with Gasteiger partial charge in [0.1, 0.15) is 23.3 Å². The molecule has 1 atom stereocenters. The molecule has 0 saturated carbocycles. The van der Waals surface area contributed by atoms with Crippen molar-refractivity contribution in [2.24, 2.45) is 0 Å². The largest absolute Gasteiger partial charge is 0.491 e. The van der Waals surface area contributed by atoms with Crippen LogP contribution in [0.2, 0.25) is 0 Å². The lowest BCUT2D eigenvalue weighted by Crippen LogP contribution is -2.30. The monoisotopic (exact) mass is 498 g/mol. The number of hydrogen-bond donors (Lipinski definition) is 1. The molecule has 0 fully saturated rings. The van der Waals surface area contributed by atoms with Gasteiger partial charge in [0.15, 0.2) is 5.78 Å². The van der Waals surface area contributed by atoms with Crippen LogP contribution in [0.15, 0.2) is 69.5 Å². The third kappa shape index (κ3) is 4.76. The number of carbonyl (C=O) groups excluding carboxylic acids is 1. The highest BCUT2D eigenvalue weighted by Gasteiger charge is 2.15. The minimum absolute atomic E-state index is 0.00705. The van der Waals surface area contributed by atoms with Gasteiger partial charge in [-0.15, -0.1) is 11.3 Å². The molecule has 0 bridgehead atoms. The van der Waals surface area contributed by atoms with Gasteiger partial charge in [0.25, 0.3) is 5.56 Å². The second-order valence-corrected chi connectivity index (χ2v) is 8.86. The maximum Gasteiger partial charge on any atom is 0.262 e. The van der Waals surface area contributed by atoms with Crippen molar-refractivity contribution in [2.45, 2.75) is 19.6 Å². The first-order chi connectivity index (χ1) is 14.9. The van der Waals surface area contributed by atoms with Crippen molar-refractivity contribution in [3.8, 4) is 16.9 Å². The minimum atomic E-state index is -0.904. The normalized spacial score (nSPS) is 12.1. The Morgan fingerprint density at radius 2 is 1.90 bits per heavy atom. The van der Waals surface area contributed by atoms with E-state index in [-0.39, 0.29) is 24.5 Å². The van der Waals surface area contributed by atoms with E-state index < -0.39 is 6.10 Å². The van der Waals surface area contributed by atoms with Gasteiger partial charge >= 0.3 is 0 Å². The molecule has 0 amide bonds. The molecular weight excluding hydrogens is 480 g/mol. The molecule has 0 aliphatic heterocycles. The van der Waals surface area contributed by atoms with E-state index in [1.54, 1.807) is 24.3 Å². The van der Waals surface area contributed by atoms with E-state index in [0.29, 0.717) is 21.5 Å². The minimum Gasteiger partial charge on any atom is -0.491 e. The number of aliphatic hydroxyl groups excluding tert-OH is 1. The van der Waals surface area contributed by atoms with E-state index in [0.717, 1.165) is 15.6 Å². The van der Waals surface area contributed by atoms with Crippen LogP contribution in [0.25, 0.3) is 21.3 Å². The zero-order valence-corrected chi connectivity index (χ0v) is 19.0. The van der Waals surface area contributed by atoms with Crippen molar-refractivity contribution in [2.75, 3.05) is 6.61 Å². The molecular formula is C23H19BrN2O4S. The number of carbonyl (C=O) groups is 1. The molecule has 0 unspecified atom stereocenters. The highest BCUT2D eigenvalue weighted by molar-refractivity contribution is 9.10. The van der Waals surface area contributed by atoms with Crippen LogP contribution in [-0.2, 0) is 6.54 Å². The number of aromatic nitrogens is 2. The van der Waals surface area contributed by atoms with Crippen molar-refractivity contribution in [1.29, 1.82) is 0 Å². The van der Waals surface area contributed by atoms with Crippen molar-refractivity contribution in [3.63, 3.8) is 0 Å². The molecule has 0 spiro atoms. The Kier molecular flexibility index (Phi) is 6.31. The zero-order chi connectivity index (χ0) is 22.0. The van der Waals surface area contributed by atoms with E-state index in [1.807, 2.05) is 29.6 Å². The lowest BCUT2D eigenvalue weighted by Gasteiger charge is -2.14. The number of aliphatic hydroxyl groups is 1. The number of halogens is 1. The Morgan fingerprint density at radius 3 is 2.58 bits per heavy atom. The highest BCUT2D eigenvalue weighted by atomic mass is 79.9. The molecule has 0 aliphatic rings. The first-order valence-corrected chi connectivity index (χ1v) is 11.2. The van der Waals surface area contributed by atoms with Gasteiger partial charge in [0, 0.05) is 21.0 Å². The summed E-state index contributed by atoms with van der Waals surface area (Å²) in [6, 6.07) is 14.5. The Labute approximate surface area is 190 Å². The molecule has 0 radical (unpaired) electrons. The Hall–Kier alpha value is -2.81. The van der Waals surface area contributed by atoms with Crippen molar-refractivity contribution < 1.29 is 14.6 Å². The van der Waals surface area contributed by atoms with Crippen LogP contribution in [-0.4, -0.2) is 33.2 Å². The summed E-state index contributed by atoms with van der Waals surface area (Å²) in [5.41, 5.74) is 2.16. The van der Waals surface area contributed by atoms with E-state index >= 15 is 0 Å². The molecule has 4 rings (SSSR count). The van der Waals surface area contributed by atoms with Crippen LogP contribution in [0.4, 0.5) is 0 Å². The van der Waals surface area contributed by atoms with Gasteiger partial charge in [-0.2, -0.15) is 0 Å². The molecule has 158 valence electrons. The number of nitrogens with zero attached hydrogens (tertiary/aromatic N) is 2. The Balaban J connectivity index is 1.51. The number of fused-ring (bicyclic) bond motifs is 1.